The van der Waals surface area contributed by atoms with Crippen LogP contribution in [0, 0.1) is 6.92 Å². The highest BCUT2D eigenvalue weighted by Crippen LogP contribution is 2.35. The first-order chi connectivity index (χ1) is 12.6. The van der Waals surface area contributed by atoms with Crippen LogP contribution in [0.1, 0.15) is 10.4 Å². The highest BCUT2D eigenvalue weighted by atomic mass is 32.2. The molecule has 0 saturated heterocycles. The summed E-state index contributed by atoms with van der Waals surface area (Å²) in [6.45, 7) is 2.12. The van der Waals surface area contributed by atoms with Crippen LogP contribution < -0.4 is 5.73 Å². The lowest BCUT2D eigenvalue weighted by Gasteiger charge is -2.13. The van der Waals surface area contributed by atoms with Crippen LogP contribution in [0.5, 0.6) is 0 Å². The van der Waals surface area contributed by atoms with Gasteiger partial charge >= 0.3 is 0 Å². The summed E-state index contributed by atoms with van der Waals surface area (Å²) in [5.41, 5.74) is 7.50. The van der Waals surface area contributed by atoms with E-state index in [2.05, 4.69) is 0 Å². The van der Waals surface area contributed by atoms with E-state index in [4.69, 9.17) is 5.73 Å². The number of nitrogens with two attached hydrogens (primary N) is 1. The van der Waals surface area contributed by atoms with Gasteiger partial charge in [0.1, 0.15) is 4.21 Å². The molecule has 0 fully saturated rings. The second-order valence-corrected chi connectivity index (χ2v) is 11.5. The van der Waals surface area contributed by atoms with Gasteiger partial charge in [-0.1, -0.05) is 24.3 Å². The Morgan fingerprint density at radius 1 is 0.926 bits per heavy atom. The summed E-state index contributed by atoms with van der Waals surface area (Å²) in [5.74, 6) is 0. The van der Waals surface area contributed by atoms with E-state index in [1.807, 2.05) is 19.1 Å². The molecule has 0 saturated carbocycles. The van der Waals surface area contributed by atoms with E-state index in [0.717, 1.165) is 28.0 Å². The molecule has 0 aliphatic carbocycles. The summed E-state index contributed by atoms with van der Waals surface area (Å²) in [6.07, 6.45) is 1.12. The molecule has 1 heterocycles. The predicted molar refractivity (Wildman–Crippen MR) is 107 cm³/mol. The molecule has 0 atom stereocenters. The van der Waals surface area contributed by atoms with Crippen LogP contribution in [-0.2, 0) is 26.2 Å². The van der Waals surface area contributed by atoms with Gasteiger partial charge in [0.2, 0.25) is 9.84 Å². The van der Waals surface area contributed by atoms with Crippen LogP contribution in [0.2, 0.25) is 0 Å². The minimum atomic E-state index is -3.77. The van der Waals surface area contributed by atoms with E-state index >= 15 is 0 Å². The monoisotopic (exact) mass is 421 g/mol. The van der Waals surface area contributed by atoms with Crippen molar-refractivity contribution in [2.45, 2.75) is 27.5 Å². The minimum Gasteiger partial charge on any atom is -0.326 e. The lowest BCUT2D eigenvalue weighted by molar-refractivity contribution is 0.596. The molecular weight excluding hydrogens is 402 g/mol. The lowest BCUT2D eigenvalue weighted by Crippen LogP contribution is -2.05. The number of thiophene rings is 1. The van der Waals surface area contributed by atoms with Gasteiger partial charge in [-0.25, -0.2) is 16.8 Å². The number of benzene rings is 2. The van der Waals surface area contributed by atoms with Gasteiger partial charge in [-0.05, 0) is 48.4 Å². The minimum absolute atomic E-state index is 0.0542. The van der Waals surface area contributed by atoms with Crippen LogP contribution >= 0.6 is 11.3 Å². The zero-order valence-corrected chi connectivity index (χ0v) is 17.3. The first kappa shape index (κ1) is 19.8. The molecule has 0 aliphatic heterocycles. The first-order valence-electron chi connectivity index (χ1n) is 8.08. The number of sulfone groups is 2. The maximum absolute atomic E-state index is 13.0. The van der Waals surface area contributed by atoms with Gasteiger partial charge in [0.05, 0.1) is 9.79 Å². The second kappa shape index (κ2) is 7.20. The van der Waals surface area contributed by atoms with E-state index in [0.29, 0.717) is 11.1 Å². The Labute approximate surface area is 163 Å². The molecule has 0 bridgehead atoms. The molecule has 0 radical (unpaired) electrons. The molecule has 3 rings (SSSR count). The third kappa shape index (κ3) is 3.84. The zero-order chi connectivity index (χ0) is 19.8. The molecule has 0 amide bonds. The van der Waals surface area contributed by atoms with E-state index in [1.165, 1.54) is 24.3 Å². The Hall–Kier alpha value is -2.00. The highest BCUT2D eigenvalue weighted by molar-refractivity contribution is 7.93. The van der Waals surface area contributed by atoms with E-state index < -0.39 is 19.7 Å². The van der Waals surface area contributed by atoms with Crippen molar-refractivity contribution in [3.05, 3.63) is 65.0 Å². The van der Waals surface area contributed by atoms with Crippen molar-refractivity contribution in [2.75, 3.05) is 6.26 Å². The molecule has 27 heavy (non-hydrogen) atoms. The van der Waals surface area contributed by atoms with Crippen LogP contribution in [0.25, 0.3) is 11.1 Å². The number of hydrogen-bond donors (Lipinski definition) is 1. The van der Waals surface area contributed by atoms with Crippen LogP contribution in [0.3, 0.4) is 0 Å². The molecule has 2 N–H and O–H groups in total. The fourth-order valence-electron chi connectivity index (χ4n) is 2.81. The Morgan fingerprint density at radius 2 is 1.63 bits per heavy atom. The molecule has 1 aromatic heterocycles. The highest BCUT2D eigenvalue weighted by Gasteiger charge is 2.24. The summed E-state index contributed by atoms with van der Waals surface area (Å²) >= 11 is 1.12. The maximum atomic E-state index is 13.0. The summed E-state index contributed by atoms with van der Waals surface area (Å²) in [7, 11) is -7.30. The van der Waals surface area contributed by atoms with Crippen molar-refractivity contribution >= 4 is 31.0 Å². The fourth-order valence-corrected chi connectivity index (χ4v) is 6.36. The van der Waals surface area contributed by atoms with Gasteiger partial charge in [0.15, 0.2) is 9.84 Å². The average Bonchev–Trinajstić information content (AvgIpc) is 3.11. The number of hydrogen-bond acceptors (Lipinski definition) is 6. The Kier molecular flexibility index (Phi) is 5.27. The maximum Gasteiger partial charge on any atom is 0.215 e. The zero-order valence-electron chi connectivity index (χ0n) is 14.8. The van der Waals surface area contributed by atoms with Crippen molar-refractivity contribution in [3.8, 4) is 11.1 Å². The topological polar surface area (TPSA) is 94.3 Å². The van der Waals surface area contributed by atoms with Gasteiger partial charge in [-0.3, -0.25) is 0 Å². The van der Waals surface area contributed by atoms with Crippen molar-refractivity contribution < 1.29 is 16.8 Å². The molecule has 0 unspecified atom stereocenters. The predicted octanol–water partition coefficient (Wildman–Crippen LogP) is 3.42. The quantitative estimate of drug-likeness (QED) is 0.681. The second-order valence-electron chi connectivity index (χ2n) is 6.17. The van der Waals surface area contributed by atoms with Crippen molar-refractivity contribution in [2.24, 2.45) is 5.73 Å². The van der Waals surface area contributed by atoms with Gasteiger partial charge in [0.25, 0.3) is 0 Å². The molecule has 142 valence electrons. The van der Waals surface area contributed by atoms with Crippen molar-refractivity contribution in [1.29, 1.82) is 0 Å². The summed E-state index contributed by atoms with van der Waals surface area (Å²) in [4.78, 5) is 0.920. The largest absolute Gasteiger partial charge is 0.326 e. The Bertz CT molecular complexity index is 1210. The van der Waals surface area contributed by atoms with Crippen LogP contribution in [0.15, 0.2) is 68.6 Å². The van der Waals surface area contributed by atoms with Crippen LogP contribution in [-0.4, -0.2) is 23.1 Å². The van der Waals surface area contributed by atoms with Gasteiger partial charge in [-0.15, -0.1) is 11.3 Å². The van der Waals surface area contributed by atoms with Gasteiger partial charge < -0.3 is 5.73 Å². The van der Waals surface area contributed by atoms with Crippen molar-refractivity contribution in [1.82, 2.24) is 0 Å². The van der Waals surface area contributed by atoms with E-state index in [1.54, 1.807) is 18.2 Å². The Morgan fingerprint density at radius 3 is 2.22 bits per heavy atom. The Balaban J connectivity index is 2.26. The fraction of sp³-hybridized carbons (Fsp3) is 0.158. The normalized spacial score (nSPS) is 12.3. The van der Waals surface area contributed by atoms with Gasteiger partial charge in [-0.2, -0.15) is 0 Å². The molecule has 5 nitrogen and oxygen atoms in total. The SMILES string of the molecule is Cc1ccccc1-c1cc(S(=O)(=O)c2ccc(CN)s2)ccc1S(C)(=O)=O. The van der Waals surface area contributed by atoms with E-state index in [-0.39, 0.29) is 20.5 Å². The lowest BCUT2D eigenvalue weighted by atomic mass is 10.0. The molecule has 0 spiro atoms. The summed E-state index contributed by atoms with van der Waals surface area (Å²) in [6, 6.07) is 14.6. The summed E-state index contributed by atoms with van der Waals surface area (Å²) in [5, 5.41) is 0. The van der Waals surface area contributed by atoms with Crippen LogP contribution in [0.4, 0.5) is 0 Å². The molecule has 2 aromatic carbocycles. The van der Waals surface area contributed by atoms with Crippen molar-refractivity contribution in [3.63, 3.8) is 0 Å². The van der Waals surface area contributed by atoms with Gasteiger partial charge in [0, 0.05) is 23.2 Å². The standard InChI is InChI=1S/C19H19NO4S3/c1-13-5-3-4-6-16(13)17-11-15(8-9-18(17)26(2,21)22)27(23,24)19-10-7-14(12-20)25-19/h3-11H,12,20H2,1-2H3. The smallest absolute Gasteiger partial charge is 0.215 e. The third-order valence-corrected chi connectivity index (χ3v) is 8.70. The third-order valence-electron chi connectivity index (χ3n) is 4.20. The number of aryl methyl sites for hydroxylation is 1. The molecule has 8 heteroatoms. The molecular formula is C19H19NO4S3. The first-order valence-corrected chi connectivity index (χ1v) is 12.3. The molecule has 3 aromatic rings. The summed E-state index contributed by atoms with van der Waals surface area (Å²) < 4.78 is 50.7. The van der Waals surface area contributed by atoms with E-state index in [9.17, 15) is 16.8 Å². The number of rotatable bonds is 5. The average molecular weight is 422 g/mol. The molecule has 0 aliphatic rings.